The van der Waals surface area contributed by atoms with Gasteiger partial charge in [-0.05, 0) is 18.2 Å². The number of rotatable bonds is 4. The van der Waals surface area contributed by atoms with E-state index < -0.39 is 71.5 Å². The Bertz CT molecular complexity index is 1250. The van der Waals surface area contributed by atoms with E-state index in [1.165, 1.54) is 6.07 Å². The molecule has 4 rings (SSSR count). The normalized spacial score (nSPS) is 25.3. The van der Waals surface area contributed by atoms with Gasteiger partial charge >= 0.3 is 0 Å². The number of aliphatic hydroxyl groups is 4. The van der Waals surface area contributed by atoms with Gasteiger partial charge in [0, 0.05) is 17.7 Å². The molecule has 2 unspecified atom stereocenters. The number of aliphatic hydroxyl groups excluding tert-OH is 4. The number of phenols is 3. The SMILES string of the molecule is O=c1c(O)c(-c2ccc(O)c(O)c2)oc2cc(O)cc(O[C@@H]3OC(CO)[C@@H](O)[C@H](O)C3O)c12. The van der Waals surface area contributed by atoms with Gasteiger partial charge in [-0.2, -0.15) is 0 Å². The maximum absolute atomic E-state index is 13.0. The van der Waals surface area contributed by atoms with Crippen LogP contribution in [-0.4, -0.2) is 78.2 Å². The molecule has 8 N–H and O–H groups in total. The summed E-state index contributed by atoms with van der Waals surface area (Å²) in [5.74, 6) is -3.04. The zero-order valence-corrected chi connectivity index (χ0v) is 16.7. The van der Waals surface area contributed by atoms with Crippen molar-refractivity contribution in [1.29, 1.82) is 0 Å². The first-order chi connectivity index (χ1) is 15.6. The fourth-order valence-electron chi connectivity index (χ4n) is 3.50. The summed E-state index contributed by atoms with van der Waals surface area (Å²) in [6.45, 7) is -0.711. The van der Waals surface area contributed by atoms with Crippen molar-refractivity contribution in [3.05, 3.63) is 40.6 Å². The topological polar surface area (TPSA) is 211 Å². The van der Waals surface area contributed by atoms with E-state index in [-0.39, 0.29) is 22.3 Å². The predicted octanol–water partition coefficient (Wildman–Crippen LogP) is -0.539. The van der Waals surface area contributed by atoms with Crippen LogP contribution in [0.5, 0.6) is 28.7 Å². The molecule has 12 nitrogen and oxygen atoms in total. The summed E-state index contributed by atoms with van der Waals surface area (Å²) < 4.78 is 16.3. The number of phenolic OH excluding ortho intramolecular Hbond substituents is 3. The van der Waals surface area contributed by atoms with Crippen molar-refractivity contribution in [3.8, 4) is 40.1 Å². The van der Waals surface area contributed by atoms with E-state index in [0.717, 1.165) is 24.3 Å². The van der Waals surface area contributed by atoms with Gasteiger partial charge in [-0.25, -0.2) is 0 Å². The van der Waals surface area contributed by atoms with E-state index in [2.05, 4.69) is 0 Å². The number of hydrogen-bond donors (Lipinski definition) is 8. The number of benzene rings is 2. The summed E-state index contributed by atoms with van der Waals surface area (Å²) in [5.41, 5.74) is -1.21. The highest BCUT2D eigenvalue weighted by Gasteiger charge is 2.45. The fourth-order valence-corrected chi connectivity index (χ4v) is 3.50. The van der Waals surface area contributed by atoms with Crippen LogP contribution in [-0.2, 0) is 4.74 Å². The van der Waals surface area contributed by atoms with Gasteiger partial charge < -0.3 is 54.7 Å². The molecular formula is C21H20O12. The monoisotopic (exact) mass is 464 g/mol. The van der Waals surface area contributed by atoms with Crippen molar-refractivity contribution in [2.75, 3.05) is 6.61 Å². The smallest absolute Gasteiger partial charge is 0.238 e. The molecule has 1 aliphatic rings. The van der Waals surface area contributed by atoms with Crippen molar-refractivity contribution in [2.24, 2.45) is 0 Å². The zero-order chi connectivity index (χ0) is 24.0. The summed E-state index contributed by atoms with van der Waals surface area (Å²) in [5, 5.41) is 78.7. The first-order valence-electron chi connectivity index (χ1n) is 9.64. The average molecular weight is 464 g/mol. The van der Waals surface area contributed by atoms with Crippen LogP contribution in [0.2, 0.25) is 0 Å². The summed E-state index contributed by atoms with van der Waals surface area (Å²) in [6.07, 6.45) is -8.12. The van der Waals surface area contributed by atoms with E-state index >= 15 is 0 Å². The fraction of sp³-hybridized carbons (Fsp3) is 0.286. The third kappa shape index (κ3) is 3.90. The van der Waals surface area contributed by atoms with Crippen LogP contribution < -0.4 is 10.2 Å². The highest BCUT2D eigenvalue weighted by molar-refractivity contribution is 5.88. The van der Waals surface area contributed by atoms with Gasteiger partial charge in [-0.3, -0.25) is 4.79 Å². The first kappa shape index (κ1) is 22.6. The standard InChI is InChI=1S/C21H20O12/c22-6-13-15(26)17(28)19(30)21(33-13)32-12-5-8(23)4-11-14(12)16(27)18(29)20(31-11)7-1-2-9(24)10(25)3-7/h1-5,13,15,17,19,21-26,28-30H,6H2/t13?,15-,17+,19?,21-/m1/s1. The molecule has 2 aromatic carbocycles. The van der Waals surface area contributed by atoms with Crippen molar-refractivity contribution >= 4 is 11.0 Å². The lowest BCUT2D eigenvalue weighted by Crippen LogP contribution is -2.60. The summed E-state index contributed by atoms with van der Waals surface area (Å²) in [6, 6.07) is 5.47. The van der Waals surface area contributed by atoms with Crippen LogP contribution in [0.15, 0.2) is 39.5 Å². The molecule has 0 spiro atoms. The molecular weight excluding hydrogens is 444 g/mol. The summed E-state index contributed by atoms with van der Waals surface area (Å²) >= 11 is 0. The molecule has 33 heavy (non-hydrogen) atoms. The van der Waals surface area contributed by atoms with E-state index in [1.54, 1.807) is 0 Å². The number of hydrogen-bond acceptors (Lipinski definition) is 12. The Kier molecular flexibility index (Phi) is 5.78. The highest BCUT2D eigenvalue weighted by atomic mass is 16.7. The Morgan fingerprint density at radius 3 is 2.30 bits per heavy atom. The Balaban J connectivity index is 1.81. The molecule has 2 heterocycles. The van der Waals surface area contributed by atoms with Crippen molar-refractivity contribution < 1.29 is 54.7 Å². The van der Waals surface area contributed by atoms with E-state index in [0.29, 0.717) is 0 Å². The average Bonchev–Trinajstić information content (AvgIpc) is 2.78. The van der Waals surface area contributed by atoms with Gasteiger partial charge in [0.1, 0.15) is 46.9 Å². The molecule has 1 fully saturated rings. The number of aromatic hydroxyl groups is 4. The molecule has 0 amide bonds. The third-order valence-corrected chi connectivity index (χ3v) is 5.25. The second-order valence-corrected chi connectivity index (χ2v) is 7.44. The quantitative estimate of drug-likeness (QED) is 0.229. The molecule has 3 aromatic rings. The maximum atomic E-state index is 13.0. The van der Waals surface area contributed by atoms with Crippen LogP contribution in [0.1, 0.15) is 0 Å². The molecule has 1 aromatic heterocycles. The molecule has 0 bridgehead atoms. The van der Waals surface area contributed by atoms with Crippen LogP contribution in [0, 0.1) is 0 Å². The molecule has 0 aliphatic carbocycles. The minimum Gasteiger partial charge on any atom is -0.508 e. The van der Waals surface area contributed by atoms with Crippen molar-refractivity contribution in [1.82, 2.24) is 0 Å². The minimum atomic E-state index is -1.79. The largest absolute Gasteiger partial charge is 0.508 e. The molecule has 1 aliphatic heterocycles. The first-order valence-corrected chi connectivity index (χ1v) is 9.64. The second kappa shape index (κ2) is 8.42. The summed E-state index contributed by atoms with van der Waals surface area (Å²) in [7, 11) is 0. The Morgan fingerprint density at radius 2 is 1.64 bits per heavy atom. The van der Waals surface area contributed by atoms with Gasteiger partial charge in [0.2, 0.25) is 17.5 Å². The van der Waals surface area contributed by atoms with Crippen molar-refractivity contribution in [2.45, 2.75) is 30.7 Å². The van der Waals surface area contributed by atoms with E-state index in [9.17, 15) is 45.6 Å². The molecule has 12 heteroatoms. The van der Waals surface area contributed by atoms with Crippen LogP contribution in [0.25, 0.3) is 22.3 Å². The van der Waals surface area contributed by atoms with Gasteiger partial charge in [0.05, 0.1) is 6.61 Å². The van der Waals surface area contributed by atoms with Gasteiger partial charge in [-0.1, -0.05) is 0 Å². The van der Waals surface area contributed by atoms with Crippen LogP contribution in [0.4, 0.5) is 0 Å². The van der Waals surface area contributed by atoms with Gasteiger partial charge in [-0.15, -0.1) is 0 Å². The van der Waals surface area contributed by atoms with Crippen molar-refractivity contribution in [3.63, 3.8) is 0 Å². The molecule has 5 atom stereocenters. The number of fused-ring (bicyclic) bond motifs is 1. The van der Waals surface area contributed by atoms with E-state index in [4.69, 9.17) is 13.9 Å². The second-order valence-electron chi connectivity index (χ2n) is 7.44. The Morgan fingerprint density at radius 1 is 0.909 bits per heavy atom. The Labute approximate surface area is 184 Å². The molecule has 176 valence electrons. The highest BCUT2D eigenvalue weighted by Crippen LogP contribution is 2.38. The molecule has 0 radical (unpaired) electrons. The third-order valence-electron chi connectivity index (χ3n) is 5.25. The van der Waals surface area contributed by atoms with Crippen LogP contribution >= 0.6 is 0 Å². The lowest BCUT2D eigenvalue weighted by atomic mass is 9.99. The zero-order valence-electron chi connectivity index (χ0n) is 16.7. The van der Waals surface area contributed by atoms with E-state index in [1.807, 2.05) is 0 Å². The Hall–Kier alpha value is -3.55. The van der Waals surface area contributed by atoms with Gasteiger partial charge in [0.15, 0.2) is 17.3 Å². The van der Waals surface area contributed by atoms with Crippen LogP contribution in [0.3, 0.4) is 0 Å². The van der Waals surface area contributed by atoms with Gasteiger partial charge in [0.25, 0.3) is 0 Å². The molecule has 1 saturated heterocycles. The minimum absolute atomic E-state index is 0.0431. The predicted molar refractivity (Wildman–Crippen MR) is 109 cm³/mol. The lowest BCUT2D eigenvalue weighted by Gasteiger charge is -2.39. The number of ether oxygens (including phenoxy) is 2. The maximum Gasteiger partial charge on any atom is 0.238 e. The molecule has 0 saturated carbocycles. The lowest BCUT2D eigenvalue weighted by molar-refractivity contribution is -0.277. The summed E-state index contributed by atoms with van der Waals surface area (Å²) in [4.78, 5) is 13.0.